The average Bonchev–Trinajstić information content (AvgIpc) is 2.39. The quantitative estimate of drug-likeness (QED) is 0.699. The van der Waals surface area contributed by atoms with Crippen LogP contribution in [0.15, 0.2) is 18.2 Å². The van der Waals surface area contributed by atoms with Crippen LogP contribution < -0.4 is 5.32 Å². The Morgan fingerprint density at radius 3 is 2.00 bits per heavy atom. The van der Waals surface area contributed by atoms with E-state index in [9.17, 15) is 26.3 Å². The lowest BCUT2D eigenvalue weighted by atomic mass is 10.0. The number of benzene rings is 1. The minimum Gasteiger partial charge on any atom is -0.314 e. The van der Waals surface area contributed by atoms with Crippen molar-refractivity contribution in [3.8, 4) is 0 Å². The van der Waals surface area contributed by atoms with E-state index in [-0.39, 0.29) is 37.9 Å². The molecule has 1 saturated heterocycles. The summed E-state index contributed by atoms with van der Waals surface area (Å²) in [6.45, 7) is 0.833. The fourth-order valence-corrected chi connectivity index (χ4v) is 2.84. The summed E-state index contributed by atoms with van der Waals surface area (Å²) in [6, 6.07) is 0.476. The maximum atomic E-state index is 13.4. The molecule has 24 heavy (non-hydrogen) atoms. The lowest BCUT2D eigenvalue weighted by Gasteiger charge is -2.36. The zero-order chi connectivity index (χ0) is 16.5. The molecule has 0 amide bonds. The van der Waals surface area contributed by atoms with Crippen molar-refractivity contribution in [1.82, 2.24) is 10.2 Å². The second-order valence-electron chi connectivity index (χ2n) is 4.94. The van der Waals surface area contributed by atoms with Crippen LogP contribution in [0.2, 0.25) is 5.02 Å². The fraction of sp³-hybridized carbons (Fsp3) is 0.538. The zero-order valence-electron chi connectivity index (χ0n) is 12.0. The fourth-order valence-electron chi connectivity index (χ4n) is 2.50. The third kappa shape index (κ3) is 5.29. The maximum absolute atomic E-state index is 13.4. The van der Waals surface area contributed by atoms with Crippen molar-refractivity contribution in [2.24, 2.45) is 0 Å². The van der Waals surface area contributed by atoms with Gasteiger partial charge in [-0.15, -0.1) is 24.8 Å². The molecular formula is C13H15Cl3F6N2. The first kappa shape index (κ1) is 23.6. The van der Waals surface area contributed by atoms with Gasteiger partial charge in [0.05, 0.1) is 10.6 Å². The number of hydrogen-bond acceptors (Lipinski definition) is 2. The number of nitrogens with zero attached hydrogens (tertiary/aromatic N) is 1. The number of nitrogens with one attached hydrogen (secondary N) is 1. The number of hydrogen-bond donors (Lipinski definition) is 1. The molecule has 1 atom stereocenters. The molecule has 1 N–H and O–H groups in total. The molecule has 2 rings (SSSR count). The molecule has 1 aromatic carbocycles. The first-order chi connectivity index (χ1) is 10.1. The molecule has 0 aliphatic carbocycles. The summed E-state index contributed by atoms with van der Waals surface area (Å²) >= 11 is 5.65. The normalized spacial score (nSPS) is 17.6. The molecule has 11 heteroatoms. The number of piperazine rings is 1. The van der Waals surface area contributed by atoms with Gasteiger partial charge in [-0.05, 0) is 11.6 Å². The van der Waals surface area contributed by atoms with Gasteiger partial charge >= 0.3 is 12.4 Å². The molecule has 1 heterocycles. The molecule has 2 nitrogen and oxygen atoms in total. The molecule has 0 saturated carbocycles. The van der Waals surface area contributed by atoms with E-state index < -0.39 is 34.5 Å². The van der Waals surface area contributed by atoms with Crippen molar-refractivity contribution in [2.75, 3.05) is 26.2 Å². The maximum Gasteiger partial charge on any atom is 0.417 e. The van der Waals surface area contributed by atoms with Crippen LogP contribution in [0.1, 0.15) is 17.2 Å². The SMILES string of the molecule is Cl.Cl.FC(F)(F)c1cccc([C@H](N2CCNCC2)C(F)(F)F)c1Cl. The third-order valence-corrected chi connectivity index (χ3v) is 3.88. The molecule has 1 fully saturated rings. The largest absolute Gasteiger partial charge is 0.417 e. The van der Waals surface area contributed by atoms with E-state index in [1.807, 2.05) is 0 Å². The van der Waals surface area contributed by atoms with Gasteiger partial charge in [0.1, 0.15) is 6.04 Å². The van der Waals surface area contributed by atoms with Gasteiger partial charge in [0, 0.05) is 26.2 Å². The zero-order valence-corrected chi connectivity index (χ0v) is 14.4. The minimum absolute atomic E-state index is 0. The van der Waals surface area contributed by atoms with Crippen molar-refractivity contribution in [1.29, 1.82) is 0 Å². The molecule has 0 spiro atoms. The van der Waals surface area contributed by atoms with Crippen molar-refractivity contribution in [3.63, 3.8) is 0 Å². The Bertz CT molecular complexity index is 529. The van der Waals surface area contributed by atoms with Crippen molar-refractivity contribution in [3.05, 3.63) is 34.3 Å². The summed E-state index contributed by atoms with van der Waals surface area (Å²) in [4.78, 5) is 1.10. The molecule has 0 radical (unpaired) electrons. The summed E-state index contributed by atoms with van der Waals surface area (Å²) in [5.41, 5.74) is -1.82. The first-order valence-electron chi connectivity index (χ1n) is 6.49. The second kappa shape index (κ2) is 8.80. The molecule has 1 aromatic rings. The molecular weight excluding hydrogens is 405 g/mol. The van der Waals surface area contributed by atoms with E-state index in [1.165, 1.54) is 0 Å². The number of rotatable bonds is 2. The van der Waals surface area contributed by atoms with Gasteiger partial charge in [-0.3, -0.25) is 4.90 Å². The Morgan fingerprint density at radius 2 is 1.54 bits per heavy atom. The number of halogens is 9. The molecule has 0 aromatic heterocycles. The van der Waals surface area contributed by atoms with Crippen LogP contribution in [-0.4, -0.2) is 37.3 Å². The van der Waals surface area contributed by atoms with E-state index in [4.69, 9.17) is 11.6 Å². The summed E-state index contributed by atoms with van der Waals surface area (Å²) in [6.07, 6.45) is -9.52. The Morgan fingerprint density at radius 1 is 1.00 bits per heavy atom. The van der Waals surface area contributed by atoms with Gasteiger partial charge in [0.2, 0.25) is 0 Å². The van der Waals surface area contributed by atoms with E-state index in [0.717, 1.165) is 17.0 Å². The van der Waals surface area contributed by atoms with E-state index in [1.54, 1.807) is 0 Å². The van der Waals surface area contributed by atoms with Crippen molar-refractivity contribution >= 4 is 36.4 Å². The van der Waals surface area contributed by atoms with Gasteiger partial charge in [-0.25, -0.2) is 0 Å². The van der Waals surface area contributed by atoms with Gasteiger partial charge in [0.25, 0.3) is 0 Å². The van der Waals surface area contributed by atoms with Crippen LogP contribution in [0.3, 0.4) is 0 Å². The highest BCUT2D eigenvalue weighted by molar-refractivity contribution is 6.32. The van der Waals surface area contributed by atoms with Gasteiger partial charge < -0.3 is 5.32 Å². The standard InChI is InChI=1S/C13H13ClF6N2.2ClH/c14-10-8(2-1-3-9(10)12(15,16)17)11(13(18,19)20)22-6-4-21-5-7-22;;/h1-3,11,21H,4-7H2;2*1H/t11-;;/m0../s1. The lowest BCUT2D eigenvalue weighted by molar-refractivity contribution is -0.188. The lowest BCUT2D eigenvalue weighted by Crippen LogP contribution is -2.49. The monoisotopic (exact) mass is 418 g/mol. The van der Waals surface area contributed by atoms with Crippen LogP contribution in [0.25, 0.3) is 0 Å². The van der Waals surface area contributed by atoms with Gasteiger partial charge in [-0.2, -0.15) is 26.3 Å². The Balaban J connectivity index is 0.00000264. The third-order valence-electron chi connectivity index (χ3n) is 3.46. The van der Waals surface area contributed by atoms with E-state index >= 15 is 0 Å². The second-order valence-corrected chi connectivity index (χ2v) is 5.31. The van der Waals surface area contributed by atoms with Crippen LogP contribution in [0.5, 0.6) is 0 Å². The molecule has 1 aliphatic heterocycles. The topological polar surface area (TPSA) is 15.3 Å². The van der Waals surface area contributed by atoms with Crippen LogP contribution in [0, 0.1) is 0 Å². The summed E-state index contributed by atoms with van der Waals surface area (Å²) < 4.78 is 78.7. The molecule has 1 aliphatic rings. The van der Waals surface area contributed by atoms with E-state index in [0.29, 0.717) is 19.2 Å². The van der Waals surface area contributed by atoms with E-state index in [2.05, 4.69) is 5.32 Å². The smallest absolute Gasteiger partial charge is 0.314 e. The first-order valence-corrected chi connectivity index (χ1v) is 6.87. The number of alkyl halides is 6. The Labute approximate surface area is 152 Å². The average molecular weight is 420 g/mol. The predicted octanol–water partition coefficient (Wildman–Crippen LogP) is 4.71. The van der Waals surface area contributed by atoms with Gasteiger partial charge in [-0.1, -0.05) is 23.7 Å². The van der Waals surface area contributed by atoms with Crippen molar-refractivity contribution in [2.45, 2.75) is 18.4 Å². The highest BCUT2D eigenvalue weighted by Crippen LogP contribution is 2.44. The summed E-state index contributed by atoms with van der Waals surface area (Å²) in [5.74, 6) is 0. The Kier molecular flexibility index (Phi) is 8.65. The highest BCUT2D eigenvalue weighted by atomic mass is 35.5. The minimum atomic E-state index is -4.80. The van der Waals surface area contributed by atoms with Crippen LogP contribution >= 0.6 is 36.4 Å². The van der Waals surface area contributed by atoms with Crippen molar-refractivity contribution < 1.29 is 26.3 Å². The van der Waals surface area contributed by atoms with Gasteiger partial charge in [0.15, 0.2) is 0 Å². The van der Waals surface area contributed by atoms with Crippen LogP contribution in [-0.2, 0) is 6.18 Å². The summed E-state index contributed by atoms with van der Waals surface area (Å²) in [5, 5.41) is 2.01. The molecule has 0 bridgehead atoms. The predicted molar refractivity (Wildman–Crippen MR) is 84.2 cm³/mol. The van der Waals surface area contributed by atoms with Crippen LogP contribution in [0.4, 0.5) is 26.3 Å². The molecule has 140 valence electrons. The summed E-state index contributed by atoms with van der Waals surface area (Å²) in [7, 11) is 0. The Hall–Kier alpha value is -0.410. The molecule has 0 unspecified atom stereocenters. The highest BCUT2D eigenvalue weighted by Gasteiger charge is 2.47.